The standard InChI is InChI=1S/C18H21N3O/c1-19-17-12-14(9-10-20-17)13-5-4-6-15(11-13)18(22)21-16-7-2-3-8-16/h4-6,9-12,16H,2-3,7-8H2,1H3,(H,19,20)(H,21,22). The summed E-state index contributed by atoms with van der Waals surface area (Å²) in [6.07, 6.45) is 6.40. The van der Waals surface area contributed by atoms with E-state index in [0.717, 1.165) is 29.8 Å². The third-order valence-electron chi connectivity index (χ3n) is 4.16. The van der Waals surface area contributed by atoms with Crippen molar-refractivity contribution in [1.29, 1.82) is 0 Å². The number of pyridine rings is 1. The Bertz CT molecular complexity index is 663. The maximum Gasteiger partial charge on any atom is 0.251 e. The van der Waals surface area contributed by atoms with Crippen molar-refractivity contribution in [1.82, 2.24) is 10.3 Å². The SMILES string of the molecule is CNc1cc(-c2cccc(C(=O)NC3CCCC3)c2)ccn1. The first kappa shape index (κ1) is 14.6. The molecule has 1 aromatic carbocycles. The maximum absolute atomic E-state index is 12.4. The molecule has 1 aromatic heterocycles. The number of amides is 1. The molecule has 1 saturated carbocycles. The fraction of sp³-hybridized carbons (Fsp3) is 0.333. The molecular weight excluding hydrogens is 274 g/mol. The van der Waals surface area contributed by atoms with Gasteiger partial charge >= 0.3 is 0 Å². The van der Waals surface area contributed by atoms with Crippen LogP contribution in [0.15, 0.2) is 42.6 Å². The molecule has 0 atom stereocenters. The first-order chi connectivity index (χ1) is 10.8. The summed E-state index contributed by atoms with van der Waals surface area (Å²) in [5.41, 5.74) is 2.79. The zero-order valence-corrected chi connectivity index (χ0v) is 12.8. The summed E-state index contributed by atoms with van der Waals surface area (Å²) >= 11 is 0. The van der Waals surface area contributed by atoms with Gasteiger partial charge in [0.25, 0.3) is 5.91 Å². The molecule has 0 saturated heterocycles. The highest BCUT2D eigenvalue weighted by Crippen LogP contribution is 2.23. The second-order valence-electron chi connectivity index (χ2n) is 5.72. The van der Waals surface area contributed by atoms with E-state index in [1.165, 1.54) is 12.8 Å². The fourth-order valence-electron chi connectivity index (χ4n) is 2.93. The molecule has 0 radical (unpaired) electrons. The van der Waals surface area contributed by atoms with Crippen molar-refractivity contribution < 1.29 is 4.79 Å². The van der Waals surface area contributed by atoms with Crippen LogP contribution in [0.2, 0.25) is 0 Å². The molecule has 114 valence electrons. The summed E-state index contributed by atoms with van der Waals surface area (Å²) in [7, 11) is 1.84. The highest BCUT2D eigenvalue weighted by Gasteiger charge is 2.18. The summed E-state index contributed by atoms with van der Waals surface area (Å²) in [5.74, 6) is 0.843. The molecular formula is C18H21N3O. The fourth-order valence-corrected chi connectivity index (χ4v) is 2.93. The van der Waals surface area contributed by atoms with E-state index in [2.05, 4.69) is 15.6 Å². The molecule has 4 heteroatoms. The van der Waals surface area contributed by atoms with Gasteiger partial charge in [0, 0.05) is 24.8 Å². The number of rotatable bonds is 4. The lowest BCUT2D eigenvalue weighted by atomic mass is 10.0. The molecule has 1 amide bonds. The van der Waals surface area contributed by atoms with Gasteiger partial charge < -0.3 is 10.6 Å². The number of benzene rings is 1. The second-order valence-corrected chi connectivity index (χ2v) is 5.72. The van der Waals surface area contributed by atoms with Crippen LogP contribution in [0.3, 0.4) is 0 Å². The quantitative estimate of drug-likeness (QED) is 0.908. The number of anilines is 1. The van der Waals surface area contributed by atoms with E-state index in [1.54, 1.807) is 6.20 Å². The minimum Gasteiger partial charge on any atom is -0.373 e. The van der Waals surface area contributed by atoms with Gasteiger partial charge in [-0.05, 0) is 48.2 Å². The van der Waals surface area contributed by atoms with Crippen LogP contribution in [-0.4, -0.2) is 24.0 Å². The third-order valence-corrected chi connectivity index (χ3v) is 4.16. The van der Waals surface area contributed by atoms with Crippen LogP contribution in [0.1, 0.15) is 36.0 Å². The molecule has 2 aromatic rings. The van der Waals surface area contributed by atoms with Gasteiger partial charge in [-0.2, -0.15) is 0 Å². The van der Waals surface area contributed by atoms with Crippen molar-refractivity contribution in [3.63, 3.8) is 0 Å². The summed E-state index contributed by atoms with van der Waals surface area (Å²) in [6, 6.07) is 12.0. The highest BCUT2D eigenvalue weighted by atomic mass is 16.1. The highest BCUT2D eigenvalue weighted by molar-refractivity contribution is 5.95. The number of nitrogens with zero attached hydrogens (tertiary/aromatic N) is 1. The lowest BCUT2D eigenvalue weighted by Gasteiger charge is -2.12. The Labute approximate surface area is 131 Å². The van der Waals surface area contributed by atoms with E-state index in [4.69, 9.17) is 0 Å². The Hall–Kier alpha value is -2.36. The van der Waals surface area contributed by atoms with Crippen molar-refractivity contribution in [2.45, 2.75) is 31.7 Å². The van der Waals surface area contributed by atoms with Crippen molar-refractivity contribution in [2.24, 2.45) is 0 Å². The Morgan fingerprint density at radius 1 is 1.14 bits per heavy atom. The van der Waals surface area contributed by atoms with E-state index in [-0.39, 0.29) is 5.91 Å². The van der Waals surface area contributed by atoms with E-state index in [1.807, 2.05) is 43.4 Å². The molecule has 1 fully saturated rings. The van der Waals surface area contributed by atoms with Crippen molar-refractivity contribution in [2.75, 3.05) is 12.4 Å². The van der Waals surface area contributed by atoms with Gasteiger partial charge in [-0.1, -0.05) is 25.0 Å². The second kappa shape index (κ2) is 6.60. The molecule has 1 aliphatic rings. The minimum atomic E-state index is 0.0247. The van der Waals surface area contributed by atoms with E-state index in [0.29, 0.717) is 11.6 Å². The third kappa shape index (κ3) is 3.27. The van der Waals surface area contributed by atoms with Gasteiger partial charge in [0.1, 0.15) is 5.82 Å². The van der Waals surface area contributed by atoms with Crippen molar-refractivity contribution in [3.8, 4) is 11.1 Å². The molecule has 0 spiro atoms. The number of carbonyl (C=O) groups is 1. The van der Waals surface area contributed by atoms with Crippen molar-refractivity contribution in [3.05, 3.63) is 48.2 Å². The Kier molecular flexibility index (Phi) is 4.37. The largest absolute Gasteiger partial charge is 0.373 e. The molecule has 1 heterocycles. The average molecular weight is 295 g/mol. The molecule has 2 N–H and O–H groups in total. The molecule has 0 aliphatic heterocycles. The summed E-state index contributed by atoms with van der Waals surface area (Å²) in [6.45, 7) is 0. The van der Waals surface area contributed by atoms with E-state index < -0.39 is 0 Å². The van der Waals surface area contributed by atoms with Gasteiger partial charge in [0.2, 0.25) is 0 Å². The van der Waals surface area contributed by atoms with Crippen LogP contribution in [0, 0.1) is 0 Å². The molecule has 0 bridgehead atoms. The van der Waals surface area contributed by atoms with Gasteiger partial charge in [0.15, 0.2) is 0 Å². The normalized spacial score (nSPS) is 14.8. The zero-order chi connectivity index (χ0) is 15.4. The Morgan fingerprint density at radius 2 is 1.91 bits per heavy atom. The van der Waals surface area contributed by atoms with E-state index >= 15 is 0 Å². The molecule has 3 rings (SSSR count). The summed E-state index contributed by atoms with van der Waals surface area (Å²) in [4.78, 5) is 16.6. The van der Waals surface area contributed by atoms with Gasteiger partial charge in [-0.3, -0.25) is 4.79 Å². The number of carbonyl (C=O) groups excluding carboxylic acids is 1. The van der Waals surface area contributed by atoms with E-state index in [9.17, 15) is 4.79 Å². The summed E-state index contributed by atoms with van der Waals surface area (Å²) < 4.78 is 0. The van der Waals surface area contributed by atoms with Crippen LogP contribution < -0.4 is 10.6 Å². The van der Waals surface area contributed by atoms with Gasteiger partial charge in [-0.25, -0.2) is 4.98 Å². The van der Waals surface area contributed by atoms with Crippen LogP contribution in [-0.2, 0) is 0 Å². The Morgan fingerprint density at radius 3 is 2.68 bits per heavy atom. The van der Waals surface area contributed by atoms with Gasteiger partial charge in [-0.15, -0.1) is 0 Å². The monoisotopic (exact) mass is 295 g/mol. The number of hydrogen-bond donors (Lipinski definition) is 2. The minimum absolute atomic E-state index is 0.0247. The Balaban J connectivity index is 1.80. The smallest absolute Gasteiger partial charge is 0.251 e. The summed E-state index contributed by atoms with van der Waals surface area (Å²) in [5, 5.41) is 6.17. The van der Waals surface area contributed by atoms with Crippen LogP contribution in [0.4, 0.5) is 5.82 Å². The van der Waals surface area contributed by atoms with Crippen molar-refractivity contribution >= 4 is 11.7 Å². The van der Waals surface area contributed by atoms with Crippen LogP contribution in [0.5, 0.6) is 0 Å². The predicted octanol–water partition coefficient (Wildman–Crippen LogP) is 3.46. The lowest BCUT2D eigenvalue weighted by molar-refractivity contribution is 0.0938. The van der Waals surface area contributed by atoms with Crippen LogP contribution in [0.25, 0.3) is 11.1 Å². The molecule has 0 unspecified atom stereocenters. The average Bonchev–Trinajstić information content (AvgIpc) is 3.08. The van der Waals surface area contributed by atoms with Crippen LogP contribution >= 0.6 is 0 Å². The lowest BCUT2D eigenvalue weighted by Crippen LogP contribution is -2.32. The zero-order valence-electron chi connectivity index (χ0n) is 12.8. The molecule has 4 nitrogen and oxygen atoms in total. The van der Waals surface area contributed by atoms with Gasteiger partial charge in [0.05, 0.1) is 0 Å². The molecule has 22 heavy (non-hydrogen) atoms. The first-order valence-electron chi connectivity index (χ1n) is 7.81. The number of hydrogen-bond acceptors (Lipinski definition) is 3. The topological polar surface area (TPSA) is 54.0 Å². The maximum atomic E-state index is 12.4. The number of nitrogens with one attached hydrogen (secondary N) is 2. The predicted molar refractivity (Wildman–Crippen MR) is 88.9 cm³/mol. The number of aromatic nitrogens is 1. The molecule has 1 aliphatic carbocycles. The first-order valence-corrected chi connectivity index (χ1v) is 7.81.